The van der Waals surface area contributed by atoms with Crippen LogP contribution < -0.4 is 4.74 Å². The lowest BCUT2D eigenvalue weighted by Gasteiger charge is -2.41. The summed E-state index contributed by atoms with van der Waals surface area (Å²) in [5, 5.41) is 10.3. The zero-order valence-electron chi connectivity index (χ0n) is 9.72. The van der Waals surface area contributed by atoms with Crippen LogP contribution in [0.1, 0.15) is 30.4 Å². The first-order valence-corrected chi connectivity index (χ1v) is 5.96. The number of halogens is 1. The third-order valence-electron chi connectivity index (χ3n) is 3.63. The van der Waals surface area contributed by atoms with Gasteiger partial charge in [0, 0.05) is 16.0 Å². The Kier molecular flexibility index (Phi) is 3.13. The molecular formula is C13H17ClO2. The van der Waals surface area contributed by atoms with Gasteiger partial charge in [-0.15, -0.1) is 0 Å². The van der Waals surface area contributed by atoms with Crippen LogP contribution in [-0.2, 0) is 5.41 Å². The molecule has 0 spiro atoms. The van der Waals surface area contributed by atoms with E-state index in [0.717, 1.165) is 36.1 Å². The number of aliphatic hydroxyl groups excluding tert-OH is 1. The largest absolute Gasteiger partial charge is 0.496 e. The summed E-state index contributed by atoms with van der Waals surface area (Å²) in [6.45, 7) is 2.15. The fraction of sp³-hybridized carbons (Fsp3) is 0.538. The van der Waals surface area contributed by atoms with Gasteiger partial charge in [-0.1, -0.05) is 18.0 Å². The Bertz CT molecular complexity index is 392. The minimum absolute atomic E-state index is 0.124. The van der Waals surface area contributed by atoms with E-state index in [4.69, 9.17) is 16.3 Å². The number of rotatable bonds is 3. The third kappa shape index (κ3) is 1.70. The monoisotopic (exact) mass is 240 g/mol. The van der Waals surface area contributed by atoms with Gasteiger partial charge in [0.25, 0.3) is 0 Å². The maximum absolute atomic E-state index is 9.59. The molecule has 1 aromatic carbocycles. The molecule has 0 amide bonds. The van der Waals surface area contributed by atoms with E-state index >= 15 is 0 Å². The summed E-state index contributed by atoms with van der Waals surface area (Å²) in [7, 11) is 1.67. The van der Waals surface area contributed by atoms with E-state index in [0.29, 0.717) is 5.02 Å². The van der Waals surface area contributed by atoms with E-state index in [9.17, 15) is 5.11 Å². The van der Waals surface area contributed by atoms with Gasteiger partial charge in [-0.3, -0.25) is 0 Å². The third-order valence-corrected chi connectivity index (χ3v) is 3.85. The smallest absolute Gasteiger partial charge is 0.125 e. The summed E-state index contributed by atoms with van der Waals surface area (Å²) in [5.74, 6) is 0.873. The molecule has 2 nitrogen and oxygen atoms in total. The van der Waals surface area contributed by atoms with Crippen LogP contribution in [0, 0.1) is 6.92 Å². The Morgan fingerprint density at radius 1 is 1.44 bits per heavy atom. The highest BCUT2D eigenvalue weighted by Gasteiger charge is 2.40. The van der Waals surface area contributed by atoms with Crippen molar-refractivity contribution in [2.24, 2.45) is 0 Å². The molecule has 1 aliphatic carbocycles. The SMILES string of the molecule is COc1c(C)cc(Cl)cc1C1(CO)CCC1. The zero-order chi connectivity index (χ0) is 11.8. The van der Waals surface area contributed by atoms with Crippen molar-refractivity contribution < 1.29 is 9.84 Å². The number of hydrogen-bond acceptors (Lipinski definition) is 2. The molecule has 1 fully saturated rings. The molecule has 1 saturated carbocycles. The molecule has 0 aromatic heterocycles. The molecule has 88 valence electrons. The fourth-order valence-corrected chi connectivity index (χ4v) is 2.78. The number of aryl methyl sites for hydroxylation is 1. The van der Waals surface area contributed by atoms with Gasteiger partial charge in [0.15, 0.2) is 0 Å². The van der Waals surface area contributed by atoms with Gasteiger partial charge in [-0.25, -0.2) is 0 Å². The van der Waals surface area contributed by atoms with E-state index in [1.807, 2.05) is 19.1 Å². The second kappa shape index (κ2) is 4.27. The summed E-state index contributed by atoms with van der Waals surface area (Å²) in [5.41, 5.74) is 1.97. The Balaban J connectivity index is 2.53. The zero-order valence-corrected chi connectivity index (χ0v) is 10.5. The van der Waals surface area contributed by atoms with Gasteiger partial charge >= 0.3 is 0 Å². The van der Waals surface area contributed by atoms with E-state index in [2.05, 4.69) is 0 Å². The van der Waals surface area contributed by atoms with E-state index in [1.54, 1.807) is 7.11 Å². The number of aliphatic hydroxyl groups is 1. The maximum atomic E-state index is 9.59. The highest BCUT2D eigenvalue weighted by atomic mass is 35.5. The highest BCUT2D eigenvalue weighted by molar-refractivity contribution is 6.30. The molecule has 1 N–H and O–H groups in total. The Labute approximate surface area is 101 Å². The van der Waals surface area contributed by atoms with Crippen molar-refractivity contribution in [2.75, 3.05) is 13.7 Å². The van der Waals surface area contributed by atoms with Crippen LogP contribution in [-0.4, -0.2) is 18.8 Å². The predicted octanol–water partition coefficient (Wildman–Crippen LogP) is 3.07. The molecular weight excluding hydrogens is 224 g/mol. The molecule has 0 bridgehead atoms. The van der Waals surface area contributed by atoms with Crippen molar-refractivity contribution in [1.82, 2.24) is 0 Å². The average Bonchev–Trinajstić information content (AvgIpc) is 2.16. The fourth-order valence-electron chi connectivity index (χ4n) is 2.51. The average molecular weight is 241 g/mol. The first kappa shape index (κ1) is 11.7. The lowest BCUT2D eigenvalue weighted by Crippen LogP contribution is -2.38. The molecule has 0 saturated heterocycles. The van der Waals surface area contributed by atoms with Crippen molar-refractivity contribution in [1.29, 1.82) is 0 Å². The quantitative estimate of drug-likeness (QED) is 0.880. The lowest BCUT2D eigenvalue weighted by atomic mass is 9.64. The predicted molar refractivity (Wildman–Crippen MR) is 65.4 cm³/mol. The molecule has 1 aliphatic rings. The summed E-state index contributed by atoms with van der Waals surface area (Å²) in [4.78, 5) is 0. The topological polar surface area (TPSA) is 29.5 Å². The normalized spacial score (nSPS) is 18.0. The number of benzene rings is 1. The van der Waals surface area contributed by atoms with Crippen LogP contribution in [0.25, 0.3) is 0 Å². The Morgan fingerprint density at radius 2 is 2.12 bits per heavy atom. The molecule has 2 rings (SSSR count). The standard InChI is InChI=1S/C13H17ClO2/c1-9-6-10(14)7-11(12(9)16-2)13(8-15)4-3-5-13/h6-7,15H,3-5,8H2,1-2H3. The summed E-state index contributed by atoms with van der Waals surface area (Å²) >= 11 is 6.09. The minimum atomic E-state index is -0.124. The van der Waals surface area contributed by atoms with Gasteiger partial charge < -0.3 is 9.84 Å². The highest BCUT2D eigenvalue weighted by Crippen LogP contribution is 2.48. The first-order valence-electron chi connectivity index (χ1n) is 5.58. The van der Waals surface area contributed by atoms with Crippen molar-refractivity contribution in [3.8, 4) is 5.75 Å². The maximum Gasteiger partial charge on any atom is 0.125 e. The van der Waals surface area contributed by atoms with E-state index in [1.165, 1.54) is 0 Å². The number of hydrogen-bond donors (Lipinski definition) is 1. The van der Waals surface area contributed by atoms with Crippen molar-refractivity contribution in [3.05, 3.63) is 28.3 Å². The summed E-state index contributed by atoms with van der Waals surface area (Å²) in [6.07, 6.45) is 3.19. The van der Waals surface area contributed by atoms with Gasteiger partial charge in [-0.2, -0.15) is 0 Å². The first-order chi connectivity index (χ1) is 7.63. The van der Waals surface area contributed by atoms with E-state index < -0.39 is 0 Å². The molecule has 0 heterocycles. The second-order valence-corrected chi connectivity index (χ2v) is 5.03. The van der Waals surface area contributed by atoms with Crippen LogP contribution >= 0.6 is 11.6 Å². The molecule has 16 heavy (non-hydrogen) atoms. The van der Waals surface area contributed by atoms with Crippen molar-refractivity contribution >= 4 is 11.6 Å². The van der Waals surface area contributed by atoms with Crippen molar-refractivity contribution in [3.63, 3.8) is 0 Å². The van der Waals surface area contributed by atoms with Gasteiger partial charge in [0.05, 0.1) is 13.7 Å². The molecule has 0 aliphatic heterocycles. The van der Waals surface area contributed by atoms with E-state index in [-0.39, 0.29) is 12.0 Å². The summed E-state index contributed by atoms with van der Waals surface area (Å²) < 4.78 is 5.45. The van der Waals surface area contributed by atoms with Gasteiger partial charge in [0.1, 0.15) is 5.75 Å². The molecule has 0 radical (unpaired) electrons. The van der Waals surface area contributed by atoms with Crippen molar-refractivity contribution in [2.45, 2.75) is 31.6 Å². The van der Waals surface area contributed by atoms with Crippen LogP contribution in [0.3, 0.4) is 0 Å². The molecule has 0 unspecified atom stereocenters. The Hall–Kier alpha value is -0.730. The lowest BCUT2D eigenvalue weighted by molar-refractivity contribution is 0.117. The summed E-state index contributed by atoms with van der Waals surface area (Å²) in [6, 6.07) is 3.83. The van der Waals surface area contributed by atoms with Crippen LogP contribution in [0.2, 0.25) is 5.02 Å². The Morgan fingerprint density at radius 3 is 2.56 bits per heavy atom. The molecule has 3 heteroatoms. The number of ether oxygens (including phenoxy) is 1. The van der Waals surface area contributed by atoms with Gasteiger partial charge in [0.2, 0.25) is 0 Å². The van der Waals surface area contributed by atoms with Crippen LogP contribution in [0.5, 0.6) is 5.75 Å². The minimum Gasteiger partial charge on any atom is -0.496 e. The molecule has 0 atom stereocenters. The van der Waals surface area contributed by atoms with Crippen LogP contribution in [0.15, 0.2) is 12.1 Å². The van der Waals surface area contributed by atoms with Crippen LogP contribution in [0.4, 0.5) is 0 Å². The number of methoxy groups -OCH3 is 1. The molecule has 1 aromatic rings. The second-order valence-electron chi connectivity index (χ2n) is 4.60. The van der Waals surface area contributed by atoms with Gasteiger partial charge in [-0.05, 0) is 37.5 Å².